The van der Waals surface area contributed by atoms with Crippen molar-refractivity contribution in [3.05, 3.63) is 12.2 Å². The van der Waals surface area contributed by atoms with Gasteiger partial charge in [-0.05, 0) is 32.1 Å². The van der Waals surface area contributed by atoms with Gasteiger partial charge in [0.25, 0.3) is 0 Å². The molecule has 132 valence electrons. The third-order valence-electron chi connectivity index (χ3n) is 3.65. The molecule has 0 aliphatic carbocycles. The maximum absolute atomic E-state index is 10.3. The number of rotatable bonds is 15. The molecular weight excluding hydrogens is 336 g/mol. The minimum absolute atomic E-state index is 0. The van der Waals surface area contributed by atoms with Crippen LogP contribution in [0.1, 0.15) is 96.8 Å². The molecule has 0 unspecified atom stereocenters. The van der Waals surface area contributed by atoms with Crippen molar-refractivity contribution in [2.45, 2.75) is 96.8 Å². The second-order valence-corrected chi connectivity index (χ2v) is 5.73. The van der Waals surface area contributed by atoms with Crippen LogP contribution in [-0.4, -0.2) is 11.1 Å². The van der Waals surface area contributed by atoms with Crippen molar-refractivity contribution in [2.24, 2.45) is 0 Å². The topological polar surface area (TPSA) is 37.3 Å². The maximum atomic E-state index is 10.3. The molecule has 0 rings (SSSR count). The van der Waals surface area contributed by atoms with Crippen molar-refractivity contribution in [1.82, 2.24) is 0 Å². The average molecular weight is 371 g/mol. The van der Waals surface area contributed by atoms with Crippen LogP contribution in [0.5, 0.6) is 0 Å². The fourth-order valence-electron chi connectivity index (χ4n) is 2.35. The molecule has 0 aromatic rings. The van der Waals surface area contributed by atoms with Crippen LogP contribution in [-0.2, 0) is 22.2 Å². The number of carboxylic acid groups (broad SMARTS) is 1. The molecule has 0 aliphatic rings. The van der Waals surface area contributed by atoms with Crippen LogP contribution in [0.25, 0.3) is 0 Å². The largest absolute Gasteiger partial charge is 0.481 e. The van der Waals surface area contributed by atoms with Crippen LogP contribution >= 0.6 is 12.4 Å². The van der Waals surface area contributed by atoms with Gasteiger partial charge in [-0.25, -0.2) is 0 Å². The molecule has 0 aliphatic heterocycles. The molecule has 4 heteroatoms. The van der Waals surface area contributed by atoms with E-state index in [1.54, 1.807) is 0 Å². The van der Waals surface area contributed by atoms with Crippen LogP contribution in [0, 0.1) is 0 Å². The van der Waals surface area contributed by atoms with Gasteiger partial charge in [-0.2, -0.15) is 0 Å². The molecule has 0 saturated carbocycles. The van der Waals surface area contributed by atoms with Crippen molar-refractivity contribution < 1.29 is 27.3 Å². The molecule has 0 radical (unpaired) electrons. The van der Waals surface area contributed by atoms with Gasteiger partial charge >= 0.3 is 5.97 Å². The number of hydrogen-bond acceptors (Lipinski definition) is 1. The molecular formula is C18H35ClCrO2. The Bertz CT molecular complexity index is 245. The summed E-state index contributed by atoms with van der Waals surface area (Å²) in [6, 6.07) is 0. The normalized spacial score (nSPS) is 10.2. The maximum Gasteiger partial charge on any atom is 0.303 e. The van der Waals surface area contributed by atoms with Crippen LogP contribution in [0.4, 0.5) is 0 Å². The van der Waals surface area contributed by atoms with Crippen LogP contribution in [0.3, 0.4) is 0 Å². The summed E-state index contributed by atoms with van der Waals surface area (Å²) in [5, 5.41) is 8.51. The molecule has 0 aromatic heterocycles. The molecule has 1 N–H and O–H groups in total. The van der Waals surface area contributed by atoms with E-state index in [9.17, 15) is 4.79 Å². The predicted molar refractivity (Wildman–Crippen MR) is 94.3 cm³/mol. The number of halogens is 1. The Morgan fingerprint density at radius 1 is 0.773 bits per heavy atom. The zero-order chi connectivity index (χ0) is 14.9. The Balaban J connectivity index is -0.00000180. The quantitative estimate of drug-likeness (QED) is 0.263. The van der Waals surface area contributed by atoms with Gasteiger partial charge in [-0.3, -0.25) is 4.79 Å². The number of unbranched alkanes of at least 4 members (excludes halogenated alkanes) is 11. The van der Waals surface area contributed by atoms with E-state index in [1.165, 1.54) is 70.6 Å². The van der Waals surface area contributed by atoms with E-state index < -0.39 is 5.97 Å². The van der Waals surface area contributed by atoms with E-state index in [4.69, 9.17) is 5.11 Å². The summed E-state index contributed by atoms with van der Waals surface area (Å²) in [6.45, 7) is 2.26. The summed E-state index contributed by atoms with van der Waals surface area (Å²) in [5.41, 5.74) is 0. The van der Waals surface area contributed by atoms with Crippen LogP contribution in [0.15, 0.2) is 12.2 Å². The van der Waals surface area contributed by atoms with Crippen LogP contribution < -0.4 is 0 Å². The smallest absolute Gasteiger partial charge is 0.303 e. The van der Waals surface area contributed by atoms with E-state index in [-0.39, 0.29) is 29.8 Å². The first-order valence-electron chi connectivity index (χ1n) is 8.64. The molecule has 0 aromatic carbocycles. The fourth-order valence-corrected chi connectivity index (χ4v) is 2.35. The summed E-state index contributed by atoms with van der Waals surface area (Å²) in [7, 11) is 0. The minimum Gasteiger partial charge on any atom is -0.481 e. The summed E-state index contributed by atoms with van der Waals surface area (Å²) in [5.74, 6) is -0.664. The van der Waals surface area contributed by atoms with Gasteiger partial charge in [0.1, 0.15) is 0 Å². The molecule has 0 bridgehead atoms. The molecule has 2 nitrogen and oxygen atoms in total. The Morgan fingerprint density at radius 2 is 1.18 bits per heavy atom. The molecule has 0 heterocycles. The van der Waals surface area contributed by atoms with E-state index >= 15 is 0 Å². The number of allylic oxidation sites excluding steroid dienone is 2. The molecule has 22 heavy (non-hydrogen) atoms. The second-order valence-electron chi connectivity index (χ2n) is 5.73. The van der Waals surface area contributed by atoms with Crippen molar-refractivity contribution in [1.29, 1.82) is 0 Å². The van der Waals surface area contributed by atoms with Gasteiger partial charge in [0, 0.05) is 23.8 Å². The summed E-state index contributed by atoms with van der Waals surface area (Å²) >= 11 is 0. The average Bonchev–Trinajstić information content (AvgIpc) is 2.43. The van der Waals surface area contributed by atoms with Gasteiger partial charge in [0.2, 0.25) is 0 Å². The summed E-state index contributed by atoms with van der Waals surface area (Å²) in [6.07, 6.45) is 21.2. The first kappa shape index (κ1) is 26.9. The minimum atomic E-state index is -0.664. The predicted octanol–water partition coefficient (Wildman–Crippen LogP) is 6.53. The SMILES string of the molecule is CCCCCCCCC=CCCCCCCCC(=O)O.Cl.[Cr]. The zero-order valence-corrected chi connectivity index (χ0v) is 16.3. The molecule has 0 atom stereocenters. The fraction of sp³-hybridized carbons (Fsp3) is 0.833. The Kier molecular flexibility index (Phi) is 28.5. The summed E-state index contributed by atoms with van der Waals surface area (Å²) in [4.78, 5) is 10.3. The van der Waals surface area contributed by atoms with Gasteiger partial charge in [-0.1, -0.05) is 70.4 Å². The number of aliphatic carboxylic acids is 1. The number of carbonyl (C=O) groups is 1. The van der Waals surface area contributed by atoms with Crippen molar-refractivity contribution in [2.75, 3.05) is 0 Å². The van der Waals surface area contributed by atoms with E-state index in [0.717, 1.165) is 12.8 Å². The van der Waals surface area contributed by atoms with Gasteiger partial charge in [0.15, 0.2) is 0 Å². The molecule has 0 amide bonds. The zero-order valence-electron chi connectivity index (χ0n) is 14.2. The van der Waals surface area contributed by atoms with Gasteiger partial charge in [-0.15, -0.1) is 12.4 Å². The van der Waals surface area contributed by atoms with Crippen LogP contribution in [0.2, 0.25) is 0 Å². The summed E-state index contributed by atoms with van der Waals surface area (Å²) < 4.78 is 0. The third-order valence-corrected chi connectivity index (χ3v) is 3.65. The van der Waals surface area contributed by atoms with Crippen molar-refractivity contribution in [3.63, 3.8) is 0 Å². The standard InChI is InChI=1S/C18H34O2.ClH.Cr/c1-2-3-4-5-6-7-8-9-10-11-12-13-14-15-16-17-18(19)20;;/h9-10H,2-8,11-17H2,1H3,(H,19,20);1H;. The molecule has 0 saturated heterocycles. The van der Waals surface area contributed by atoms with E-state index in [2.05, 4.69) is 19.1 Å². The van der Waals surface area contributed by atoms with Crippen molar-refractivity contribution in [3.8, 4) is 0 Å². The first-order valence-corrected chi connectivity index (χ1v) is 8.64. The Hall–Kier alpha value is 0.0325. The number of carboxylic acids is 1. The second kappa shape index (κ2) is 23.3. The van der Waals surface area contributed by atoms with E-state index in [0.29, 0.717) is 6.42 Å². The first-order chi connectivity index (χ1) is 9.77. The van der Waals surface area contributed by atoms with E-state index in [1.807, 2.05) is 0 Å². The number of hydrogen-bond donors (Lipinski definition) is 1. The van der Waals surface area contributed by atoms with Crippen molar-refractivity contribution >= 4 is 18.4 Å². The van der Waals surface area contributed by atoms with Gasteiger partial charge in [0.05, 0.1) is 0 Å². The monoisotopic (exact) mass is 370 g/mol. The third kappa shape index (κ3) is 25.0. The Labute approximate surface area is 154 Å². The van der Waals surface area contributed by atoms with Gasteiger partial charge < -0.3 is 5.11 Å². The molecule has 0 fully saturated rings. The Morgan fingerprint density at radius 3 is 1.64 bits per heavy atom. The molecule has 0 spiro atoms.